The monoisotopic (exact) mass is 396 g/mol. The third-order valence-corrected chi connectivity index (χ3v) is 7.50. The lowest BCUT2D eigenvalue weighted by Crippen LogP contribution is -2.27. The van der Waals surface area contributed by atoms with Crippen molar-refractivity contribution >= 4 is 28.2 Å². The molecule has 5 heteroatoms. The molecule has 1 saturated carbocycles. The van der Waals surface area contributed by atoms with Crippen LogP contribution >= 0.6 is 11.3 Å². The highest BCUT2D eigenvalue weighted by Gasteiger charge is 2.44. The number of amides is 2. The van der Waals surface area contributed by atoms with Crippen LogP contribution in [-0.2, 0) is 17.6 Å². The van der Waals surface area contributed by atoms with E-state index in [9.17, 15) is 9.59 Å². The van der Waals surface area contributed by atoms with Crippen LogP contribution in [0.3, 0.4) is 0 Å². The van der Waals surface area contributed by atoms with Crippen LogP contribution in [0.5, 0.6) is 0 Å². The molecule has 0 saturated heterocycles. The maximum absolute atomic E-state index is 12.8. The number of primary amides is 1. The summed E-state index contributed by atoms with van der Waals surface area (Å²) in [6.45, 7) is 6.81. The first-order valence-corrected chi connectivity index (χ1v) is 10.9. The Morgan fingerprint density at radius 1 is 1.18 bits per heavy atom. The average Bonchev–Trinajstić information content (AvgIpc) is 3.36. The van der Waals surface area contributed by atoms with Gasteiger partial charge in [-0.25, -0.2) is 0 Å². The first-order chi connectivity index (χ1) is 13.3. The summed E-state index contributed by atoms with van der Waals surface area (Å²) in [5.74, 6) is 0.399. The highest BCUT2D eigenvalue weighted by atomic mass is 32.1. The van der Waals surface area contributed by atoms with Crippen LogP contribution in [0, 0.1) is 17.3 Å². The van der Waals surface area contributed by atoms with E-state index in [2.05, 4.69) is 38.2 Å². The molecular formula is C23H28N2O2S. The quantitative estimate of drug-likeness (QED) is 0.783. The number of rotatable bonds is 4. The fourth-order valence-electron chi connectivity index (χ4n) is 4.43. The molecule has 3 N–H and O–H groups in total. The van der Waals surface area contributed by atoms with Gasteiger partial charge in [0.1, 0.15) is 5.00 Å². The predicted molar refractivity (Wildman–Crippen MR) is 114 cm³/mol. The number of carbonyl (C=O) groups excluding carboxylic acids is 2. The molecule has 1 aromatic heterocycles. The van der Waals surface area contributed by atoms with Gasteiger partial charge in [0.15, 0.2) is 0 Å². The van der Waals surface area contributed by atoms with Crippen molar-refractivity contribution in [3.8, 4) is 0 Å². The van der Waals surface area contributed by atoms with E-state index in [0.29, 0.717) is 16.5 Å². The molecule has 2 aliphatic carbocycles. The summed E-state index contributed by atoms with van der Waals surface area (Å²) in [6.07, 6.45) is 3.73. The van der Waals surface area contributed by atoms with E-state index in [1.165, 1.54) is 10.4 Å². The van der Waals surface area contributed by atoms with E-state index in [-0.39, 0.29) is 23.2 Å². The highest BCUT2D eigenvalue weighted by Crippen LogP contribution is 2.49. The molecular weight excluding hydrogens is 368 g/mol. The number of nitrogens with one attached hydrogen (secondary N) is 1. The second-order valence-corrected chi connectivity index (χ2v) is 10.3. The van der Waals surface area contributed by atoms with Crippen LogP contribution in [0.1, 0.15) is 65.9 Å². The van der Waals surface area contributed by atoms with Crippen molar-refractivity contribution in [2.24, 2.45) is 23.0 Å². The van der Waals surface area contributed by atoms with Crippen molar-refractivity contribution in [2.75, 3.05) is 5.32 Å². The summed E-state index contributed by atoms with van der Waals surface area (Å²) in [4.78, 5) is 26.2. The number of carbonyl (C=O) groups is 2. The molecule has 148 valence electrons. The van der Waals surface area contributed by atoms with Crippen LogP contribution in [0.2, 0.25) is 0 Å². The number of benzene rings is 1. The van der Waals surface area contributed by atoms with Crippen LogP contribution in [-0.4, -0.2) is 11.8 Å². The Labute approximate surface area is 170 Å². The average molecular weight is 397 g/mol. The van der Waals surface area contributed by atoms with Gasteiger partial charge < -0.3 is 11.1 Å². The smallest absolute Gasteiger partial charge is 0.251 e. The predicted octanol–water partition coefficient (Wildman–Crippen LogP) is 4.74. The van der Waals surface area contributed by atoms with Gasteiger partial charge in [-0.3, -0.25) is 9.59 Å². The molecule has 3 atom stereocenters. The summed E-state index contributed by atoms with van der Waals surface area (Å²) in [7, 11) is 0. The van der Waals surface area contributed by atoms with Gasteiger partial charge in [-0.1, -0.05) is 51.1 Å². The zero-order chi connectivity index (χ0) is 20.1. The van der Waals surface area contributed by atoms with E-state index in [0.717, 1.165) is 31.2 Å². The van der Waals surface area contributed by atoms with E-state index in [1.54, 1.807) is 11.3 Å². The Bertz CT molecular complexity index is 911. The number of fused-ring (bicyclic) bond motifs is 1. The summed E-state index contributed by atoms with van der Waals surface area (Å²) >= 11 is 1.55. The van der Waals surface area contributed by atoms with E-state index < -0.39 is 5.91 Å². The topological polar surface area (TPSA) is 72.2 Å². The van der Waals surface area contributed by atoms with Crippen LogP contribution in [0.25, 0.3) is 0 Å². The Hall–Kier alpha value is -2.14. The molecule has 0 bridgehead atoms. The Kier molecular flexibility index (Phi) is 4.82. The number of anilines is 1. The first-order valence-electron chi connectivity index (χ1n) is 10.1. The Morgan fingerprint density at radius 3 is 2.54 bits per heavy atom. The van der Waals surface area contributed by atoms with Gasteiger partial charge in [-0.2, -0.15) is 0 Å². The zero-order valence-electron chi connectivity index (χ0n) is 16.7. The van der Waals surface area contributed by atoms with E-state index >= 15 is 0 Å². The number of hydrogen-bond donors (Lipinski definition) is 2. The standard InChI is InChI=1S/C23H28N2O2S/c1-23(2,3)14-9-10-15-18(11-14)28-22(19(15)20(24)26)25-21(27)17-12-16(17)13-7-5-4-6-8-13/h4-8,14,16-17H,9-12H2,1-3H3,(H2,24,26)(H,25,27). The van der Waals surface area contributed by atoms with Crippen molar-refractivity contribution in [3.05, 3.63) is 51.9 Å². The molecule has 4 rings (SSSR count). The molecule has 28 heavy (non-hydrogen) atoms. The van der Waals surface area contributed by atoms with Gasteiger partial charge >= 0.3 is 0 Å². The maximum Gasteiger partial charge on any atom is 0.251 e. The largest absolute Gasteiger partial charge is 0.365 e. The second-order valence-electron chi connectivity index (χ2n) is 9.23. The number of thiophene rings is 1. The van der Waals surface area contributed by atoms with Crippen molar-refractivity contribution in [1.82, 2.24) is 0 Å². The van der Waals surface area contributed by atoms with Crippen molar-refractivity contribution in [1.29, 1.82) is 0 Å². The molecule has 2 aliphatic rings. The van der Waals surface area contributed by atoms with Crippen molar-refractivity contribution in [2.45, 2.75) is 52.4 Å². The fourth-order valence-corrected chi connectivity index (χ4v) is 5.77. The molecule has 0 radical (unpaired) electrons. The minimum Gasteiger partial charge on any atom is -0.365 e. The SMILES string of the molecule is CC(C)(C)C1CCc2c(sc(NC(=O)C3CC3c3ccccc3)c2C(N)=O)C1. The number of hydrogen-bond acceptors (Lipinski definition) is 3. The molecule has 2 aromatic rings. The van der Waals surface area contributed by atoms with Crippen LogP contribution < -0.4 is 11.1 Å². The molecule has 1 heterocycles. The molecule has 0 spiro atoms. The maximum atomic E-state index is 12.8. The van der Waals surface area contributed by atoms with Gasteiger partial charge in [0, 0.05) is 10.8 Å². The van der Waals surface area contributed by atoms with E-state index in [1.807, 2.05) is 18.2 Å². The summed E-state index contributed by atoms with van der Waals surface area (Å²) in [5, 5.41) is 3.69. The highest BCUT2D eigenvalue weighted by molar-refractivity contribution is 7.17. The van der Waals surface area contributed by atoms with Crippen LogP contribution in [0.15, 0.2) is 30.3 Å². The van der Waals surface area contributed by atoms with Gasteiger partial charge in [0.2, 0.25) is 5.91 Å². The normalized spacial score (nSPS) is 23.8. The van der Waals surface area contributed by atoms with Crippen molar-refractivity contribution in [3.63, 3.8) is 0 Å². The lowest BCUT2D eigenvalue weighted by molar-refractivity contribution is -0.117. The van der Waals surface area contributed by atoms with Gasteiger partial charge in [0.05, 0.1) is 5.56 Å². The lowest BCUT2D eigenvalue weighted by Gasteiger charge is -2.33. The van der Waals surface area contributed by atoms with Gasteiger partial charge in [-0.15, -0.1) is 11.3 Å². The molecule has 3 unspecified atom stereocenters. The molecule has 0 aliphatic heterocycles. The second kappa shape index (κ2) is 7.03. The molecule has 4 nitrogen and oxygen atoms in total. The molecule has 1 fully saturated rings. The summed E-state index contributed by atoms with van der Waals surface area (Å²) < 4.78 is 0. The Balaban J connectivity index is 1.53. The fraction of sp³-hybridized carbons (Fsp3) is 0.478. The molecule has 2 amide bonds. The lowest BCUT2D eigenvalue weighted by atomic mass is 9.72. The van der Waals surface area contributed by atoms with Crippen molar-refractivity contribution < 1.29 is 9.59 Å². The van der Waals surface area contributed by atoms with Gasteiger partial charge in [0.25, 0.3) is 5.91 Å². The minimum absolute atomic E-state index is 0.00215. The zero-order valence-corrected chi connectivity index (χ0v) is 17.6. The summed E-state index contributed by atoms with van der Waals surface area (Å²) in [6, 6.07) is 10.1. The third kappa shape index (κ3) is 3.60. The summed E-state index contributed by atoms with van der Waals surface area (Å²) in [5.41, 5.74) is 8.74. The number of nitrogens with two attached hydrogens (primary N) is 1. The third-order valence-electron chi connectivity index (χ3n) is 6.33. The van der Waals surface area contributed by atoms with Crippen LogP contribution in [0.4, 0.5) is 5.00 Å². The Morgan fingerprint density at radius 2 is 1.89 bits per heavy atom. The molecule has 1 aromatic carbocycles. The van der Waals surface area contributed by atoms with E-state index in [4.69, 9.17) is 5.73 Å². The first kappa shape index (κ1) is 19.2. The van der Waals surface area contributed by atoms with Gasteiger partial charge in [-0.05, 0) is 54.1 Å². The minimum atomic E-state index is -0.433.